The van der Waals surface area contributed by atoms with Crippen molar-refractivity contribution in [3.8, 4) is 16.3 Å². The van der Waals surface area contributed by atoms with E-state index in [0.29, 0.717) is 15.9 Å². The molecule has 0 aliphatic rings. The first-order valence-corrected chi connectivity index (χ1v) is 8.85. The van der Waals surface area contributed by atoms with Crippen LogP contribution in [-0.4, -0.2) is 22.2 Å². The van der Waals surface area contributed by atoms with Crippen molar-refractivity contribution in [2.24, 2.45) is 0 Å². The van der Waals surface area contributed by atoms with Crippen molar-refractivity contribution in [2.75, 3.05) is 5.32 Å². The molecule has 5 nitrogen and oxygen atoms in total. The van der Waals surface area contributed by atoms with Crippen LogP contribution in [0.2, 0.25) is 5.02 Å². The molecule has 1 aromatic heterocycles. The van der Waals surface area contributed by atoms with Gasteiger partial charge in [-0.05, 0) is 26.0 Å². The van der Waals surface area contributed by atoms with Gasteiger partial charge in [-0.3, -0.25) is 10.1 Å². The highest BCUT2D eigenvalue weighted by molar-refractivity contribution is 7.18. The number of carbonyl (C=O) groups is 1. The van der Waals surface area contributed by atoms with Crippen LogP contribution in [0.5, 0.6) is 5.75 Å². The number of hydrogen-bond donors (Lipinski definition) is 1. The summed E-state index contributed by atoms with van der Waals surface area (Å²) in [5, 5.41) is 12.5. The second-order valence-corrected chi connectivity index (χ2v) is 6.84. The molecule has 3 rings (SSSR count). The lowest BCUT2D eigenvalue weighted by Gasteiger charge is -2.14. The Morgan fingerprint density at radius 3 is 2.60 bits per heavy atom. The predicted molar refractivity (Wildman–Crippen MR) is 100 cm³/mol. The van der Waals surface area contributed by atoms with Crippen molar-refractivity contribution >= 4 is 34.0 Å². The number of aryl methyl sites for hydroxylation is 1. The van der Waals surface area contributed by atoms with Gasteiger partial charge in [0.05, 0.1) is 5.02 Å². The number of rotatable bonds is 5. The number of halogens is 1. The fourth-order valence-electron chi connectivity index (χ4n) is 2.08. The van der Waals surface area contributed by atoms with E-state index in [-0.39, 0.29) is 5.91 Å². The molecule has 0 bridgehead atoms. The van der Waals surface area contributed by atoms with Gasteiger partial charge in [0.1, 0.15) is 10.8 Å². The fourth-order valence-corrected chi connectivity index (χ4v) is 3.01. The van der Waals surface area contributed by atoms with Crippen LogP contribution in [0.25, 0.3) is 10.6 Å². The standard InChI is InChI=1S/C18H16ClN3O2S/c1-11-7-9-13(10-8-11)17-21-22-18(25-17)20-16(23)12(2)24-15-6-4-3-5-14(15)19/h3-10,12H,1-2H3,(H,20,22,23)/t12-/m0/s1. The molecule has 0 aliphatic carbocycles. The molecule has 0 saturated carbocycles. The number of para-hydroxylation sites is 1. The highest BCUT2D eigenvalue weighted by atomic mass is 35.5. The van der Waals surface area contributed by atoms with Gasteiger partial charge in [-0.15, -0.1) is 10.2 Å². The van der Waals surface area contributed by atoms with Crippen molar-refractivity contribution < 1.29 is 9.53 Å². The Morgan fingerprint density at radius 1 is 1.16 bits per heavy atom. The maximum atomic E-state index is 12.3. The number of aromatic nitrogens is 2. The molecule has 128 valence electrons. The maximum absolute atomic E-state index is 12.3. The molecule has 0 radical (unpaired) electrons. The van der Waals surface area contributed by atoms with E-state index in [1.807, 2.05) is 31.2 Å². The van der Waals surface area contributed by atoms with Gasteiger partial charge in [-0.1, -0.05) is 64.9 Å². The van der Waals surface area contributed by atoms with Crippen LogP contribution >= 0.6 is 22.9 Å². The van der Waals surface area contributed by atoms with Crippen molar-refractivity contribution in [3.05, 3.63) is 59.1 Å². The summed E-state index contributed by atoms with van der Waals surface area (Å²) in [6.07, 6.45) is -0.716. The molecule has 1 heterocycles. The number of hydrogen-bond acceptors (Lipinski definition) is 5. The number of nitrogens with zero attached hydrogens (tertiary/aromatic N) is 2. The lowest BCUT2D eigenvalue weighted by atomic mass is 10.2. The second kappa shape index (κ2) is 7.63. The third-order valence-corrected chi connectivity index (χ3v) is 4.66. The van der Waals surface area contributed by atoms with E-state index in [2.05, 4.69) is 15.5 Å². The molecule has 0 fully saturated rings. The van der Waals surface area contributed by atoms with Gasteiger partial charge in [-0.25, -0.2) is 0 Å². The first-order valence-electron chi connectivity index (χ1n) is 7.65. The summed E-state index contributed by atoms with van der Waals surface area (Å²) in [6.45, 7) is 3.68. The van der Waals surface area contributed by atoms with Gasteiger partial charge in [0.2, 0.25) is 5.13 Å². The molecule has 0 unspecified atom stereocenters. The first-order chi connectivity index (χ1) is 12.0. The van der Waals surface area contributed by atoms with Crippen LogP contribution in [-0.2, 0) is 4.79 Å². The molecule has 7 heteroatoms. The fraction of sp³-hybridized carbons (Fsp3) is 0.167. The molecule has 3 aromatic rings. The minimum absolute atomic E-state index is 0.313. The van der Waals surface area contributed by atoms with E-state index in [9.17, 15) is 4.79 Å². The molecule has 0 saturated heterocycles. The molecule has 25 heavy (non-hydrogen) atoms. The molecular weight excluding hydrogens is 358 g/mol. The Balaban J connectivity index is 1.65. The topological polar surface area (TPSA) is 64.1 Å². The van der Waals surface area contributed by atoms with E-state index in [4.69, 9.17) is 16.3 Å². The van der Waals surface area contributed by atoms with Crippen LogP contribution < -0.4 is 10.1 Å². The summed E-state index contributed by atoms with van der Waals surface area (Å²) in [5.74, 6) is 0.149. The third-order valence-electron chi connectivity index (χ3n) is 3.46. The quantitative estimate of drug-likeness (QED) is 0.711. The minimum Gasteiger partial charge on any atom is -0.479 e. The highest BCUT2D eigenvalue weighted by Gasteiger charge is 2.18. The van der Waals surface area contributed by atoms with Gasteiger partial charge in [0, 0.05) is 5.56 Å². The number of anilines is 1. The third kappa shape index (κ3) is 4.35. The Bertz CT molecular complexity index is 880. The molecule has 1 N–H and O–H groups in total. The van der Waals surface area contributed by atoms with Gasteiger partial charge in [0.25, 0.3) is 5.91 Å². The lowest BCUT2D eigenvalue weighted by molar-refractivity contribution is -0.122. The average molecular weight is 374 g/mol. The molecule has 2 aromatic carbocycles. The predicted octanol–water partition coefficient (Wildman–Crippen LogP) is 4.57. The molecular formula is C18H16ClN3O2S. The van der Waals surface area contributed by atoms with Gasteiger partial charge < -0.3 is 4.74 Å². The SMILES string of the molecule is Cc1ccc(-c2nnc(NC(=O)[C@H](C)Oc3ccccc3Cl)s2)cc1. The minimum atomic E-state index is -0.716. The Labute approximate surface area is 154 Å². The summed E-state index contributed by atoms with van der Waals surface area (Å²) < 4.78 is 5.60. The van der Waals surface area contributed by atoms with Crippen molar-refractivity contribution in [3.63, 3.8) is 0 Å². The van der Waals surface area contributed by atoms with E-state index < -0.39 is 6.10 Å². The van der Waals surface area contributed by atoms with Gasteiger partial charge >= 0.3 is 0 Å². The van der Waals surface area contributed by atoms with Gasteiger partial charge in [0.15, 0.2) is 6.10 Å². The Hall–Kier alpha value is -2.44. The molecule has 1 amide bonds. The van der Waals surface area contributed by atoms with Crippen LogP contribution in [0.15, 0.2) is 48.5 Å². The lowest BCUT2D eigenvalue weighted by Crippen LogP contribution is -2.30. The van der Waals surface area contributed by atoms with Crippen LogP contribution in [0.4, 0.5) is 5.13 Å². The molecule has 0 aliphatic heterocycles. The van der Waals surface area contributed by atoms with E-state index in [1.54, 1.807) is 31.2 Å². The zero-order valence-electron chi connectivity index (χ0n) is 13.7. The summed E-state index contributed by atoms with van der Waals surface area (Å²) >= 11 is 7.35. The van der Waals surface area contributed by atoms with Crippen molar-refractivity contribution in [2.45, 2.75) is 20.0 Å². The van der Waals surface area contributed by atoms with E-state index in [0.717, 1.165) is 10.6 Å². The summed E-state index contributed by atoms with van der Waals surface area (Å²) in [4.78, 5) is 12.3. The summed E-state index contributed by atoms with van der Waals surface area (Å²) in [6, 6.07) is 15.0. The maximum Gasteiger partial charge on any atom is 0.266 e. The Kier molecular flexibility index (Phi) is 5.31. The normalized spacial score (nSPS) is 11.8. The zero-order valence-corrected chi connectivity index (χ0v) is 15.3. The van der Waals surface area contributed by atoms with Crippen LogP contribution in [0, 0.1) is 6.92 Å². The number of amides is 1. The number of benzene rings is 2. The van der Waals surface area contributed by atoms with Gasteiger partial charge in [-0.2, -0.15) is 0 Å². The van der Waals surface area contributed by atoms with Crippen LogP contribution in [0.3, 0.4) is 0 Å². The summed E-state index contributed by atoms with van der Waals surface area (Å²) in [7, 11) is 0. The smallest absolute Gasteiger partial charge is 0.266 e. The Morgan fingerprint density at radius 2 is 1.88 bits per heavy atom. The highest BCUT2D eigenvalue weighted by Crippen LogP contribution is 2.27. The van der Waals surface area contributed by atoms with E-state index in [1.165, 1.54) is 16.9 Å². The second-order valence-electron chi connectivity index (χ2n) is 5.46. The zero-order chi connectivity index (χ0) is 17.8. The van der Waals surface area contributed by atoms with E-state index >= 15 is 0 Å². The summed E-state index contributed by atoms with van der Waals surface area (Å²) in [5.41, 5.74) is 2.14. The average Bonchev–Trinajstić information content (AvgIpc) is 3.06. The first kappa shape index (κ1) is 17.4. The molecule has 0 spiro atoms. The number of nitrogens with one attached hydrogen (secondary N) is 1. The van der Waals surface area contributed by atoms with Crippen molar-refractivity contribution in [1.29, 1.82) is 0 Å². The largest absolute Gasteiger partial charge is 0.479 e. The number of carbonyl (C=O) groups excluding carboxylic acids is 1. The van der Waals surface area contributed by atoms with Crippen LogP contribution in [0.1, 0.15) is 12.5 Å². The molecule has 1 atom stereocenters. The monoisotopic (exact) mass is 373 g/mol. The number of ether oxygens (including phenoxy) is 1. The van der Waals surface area contributed by atoms with Crippen molar-refractivity contribution in [1.82, 2.24) is 10.2 Å².